The van der Waals surface area contributed by atoms with Crippen molar-refractivity contribution in [2.24, 2.45) is 7.05 Å². The summed E-state index contributed by atoms with van der Waals surface area (Å²) < 4.78 is 32.0. The van der Waals surface area contributed by atoms with Crippen LogP contribution in [0.2, 0.25) is 0 Å². The first-order valence-electron chi connectivity index (χ1n) is 5.97. The van der Waals surface area contributed by atoms with Crippen LogP contribution in [0.4, 0.5) is 0 Å². The van der Waals surface area contributed by atoms with Gasteiger partial charge in [-0.25, -0.2) is 8.42 Å². The summed E-state index contributed by atoms with van der Waals surface area (Å²) >= 11 is 0. The highest BCUT2D eigenvalue weighted by Crippen LogP contribution is 2.28. The van der Waals surface area contributed by atoms with Gasteiger partial charge in [0.05, 0.1) is 25.1 Å². The second kappa shape index (κ2) is 4.99. The van der Waals surface area contributed by atoms with Crippen LogP contribution in [-0.4, -0.2) is 48.5 Å². The Balaban J connectivity index is 2.29. The van der Waals surface area contributed by atoms with Gasteiger partial charge in [0.15, 0.2) is 0 Å². The number of hydrogen-bond donors (Lipinski definition) is 0. The van der Waals surface area contributed by atoms with Gasteiger partial charge < -0.3 is 4.74 Å². The molecule has 0 N–H and O–H groups in total. The maximum absolute atomic E-state index is 11.7. The van der Waals surface area contributed by atoms with Gasteiger partial charge in [-0.05, 0) is 6.92 Å². The van der Waals surface area contributed by atoms with Crippen LogP contribution < -0.4 is 0 Å². The number of rotatable bonds is 4. The minimum atomic E-state index is -3.19. The number of sulfonamides is 1. The lowest BCUT2D eigenvalue weighted by Gasteiger charge is -2.30. The van der Waals surface area contributed by atoms with Gasteiger partial charge in [-0.2, -0.15) is 9.40 Å². The zero-order valence-corrected chi connectivity index (χ0v) is 11.8. The highest BCUT2D eigenvalue weighted by Gasteiger charge is 2.32. The van der Waals surface area contributed by atoms with E-state index in [-0.39, 0.29) is 5.92 Å². The molecular formula is C11H19N3O3S. The summed E-state index contributed by atoms with van der Waals surface area (Å²) in [6, 6.07) is 0. The van der Waals surface area contributed by atoms with Crippen LogP contribution in [-0.2, 0) is 28.4 Å². The first-order chi connectivity index (χ1) is 8.41. The lowest BCUT2D eigenvalue weighted by molar-refractivity contribution is 0.121. The molecule has 1 aliphatic rings. The number of aryl methyl sites for hydroxylation is 1. The lowest BCUT2D eigenvalue weighted by Crippen LogP contribution is -2.38. The van der Waals surface area contributed by atoms with Crippen molar-refractivity contribution >= 4 is 10.0 Å². The van der Waals surface area contributed by atoms with Crippen LogP contribution in [0, 0.1) is 0 Å². The van der Waals surface area contributed by atoms with Gasteiger partial charge in [0.2, 0.25) is 10.0 Å². The fourth-order valence-electron chi connectivity index (χ4n) is 2.25. The summed E-state index contributed by atoms with van der Waals surface area (Å²) in [5, 5.41) is 4.33. The molecule has 0 spiro atoms. The van der Waals surface area contributed by atoms with Crippen LogP contribution in [0.3, 0.4) is 0 Å². The van der Waals surface area contributed by atoms with Gasteiger partial charge in [0, 0.05) is 37.9 Å². The number of fused-ring (bicyclic) bond motifs is 1. The summed E-state index contributed by atoms with van der Waals surface area (Å²) in [5.41, 5.74) is 1.93. The van der Waals surface area contributed by atoms with E-state index >= 15 is 0 Å². The number of hydrogen-bond acceptors (Lipinski definition) is 4. The third-order valence-electron chi connectivity index (χ3n) is 3.12. The molecule has 0 saturated heterocycles. The number of nitrogens with zero attached hydrogens (tertiary/aromatic N) is 3. The molecule has 0 bridgehead atoms. The van der Waals surface area contributed by atoms with E-state index in [1.807, 2.05) is 20.2 Å². The molecule has 0 radical (unpaired) electrons. The Bertz CT molecular complexity index is 524. The summed E-state index contributed by atoms with van der Waals surface area (Å²) in [6.07, 6.45) is 3.19. The van der Waals surface area contributed by atoms with Gasteiger partial charge in [0.1, 0.15) is 0 Å². The van der Waals surface area contributed by atoms with Crippen LogP contribution in [0.25, 0.3) is 0 Å². The molecule has 6 nitrogen and oxygen atoms in total. The van der Waals surface area contributed by atoms with Crippen molar-refractivity contribution < 1.29 is 13.2 Å². The van der Waals surface area contributed by atoms with Crippen molar-refractivity contribution in [3.05, 3.63) is 17.5 Å². The van der Waals surface area contributed by atoms with Crippen LogP contribution in [0.1, 0.15) is 24.1 Å². The predicted molar refractivity (Wildman–Crippen MR) is 67.7 cm³/mol. The van der Waals surface area contributed by atoms with Crippen molar-refractivity contribution in [3.63, 3.8) is 0 Å². The molecule has 1 aromatic heterocycles. The van der Waals surface area contributed by atoms with Crippen LogP contribution in [0.15, 0.2) is 6.20 Å². The minimum absolute atomic E-state index is 0.0668. The van der Waals surface area contributed by atoms with E-state index < -0.39 is 10.0 Å². The highest BCUT2D eigenvalue weighted by atomic mass is 32.2. The summed E-state index contributed by atoms with van der Waals surface area (Å²) in [6.45, 7) is 3.92. The van der Waals surface area contributed by atoms with E-state index in [1.165, 1.54) is 10.6 Å². The number of ether oxygens (including phenoxy) is 1. The fourth-order valence-corrected chi connectivity index (χ4v) is 3.06. The minimum Gasteiger partial charge on any atom is -0.381 e. The Hall–Kier alpha value is -0.920. The lowest BCUT2D eigenvalue weighted by atomic mass is 9.97. The first-order valence-corrected chi connectivity index (χ1v) is 7.82. The van der Waals surface area contributed by atoms with E-state index in [1.54, 1.807) is 4.68 Å². The molecule has 1 atom stereocenters. The summed E-state index contributed by atoms with van der Waals surface area (Å²) in [7, 11) is -1.34. The van der Waals surface area contributed by atoms with Crippen molar-refractivity contribution in [2.45, 2.75) is 19.4 Å². The van der Waals surface area contributed by atoms with E-state index in [9.17, 15) is 8.42 Å². The summed E-state index contributed by atoms with van der Waals surface area (Å²) in [4.78, 5) is 0. The zero-order valence-electron chi connectivity index (χ0n) is 11.0. The highest BCUT2D eigenvalue weighted by molar-refractivity contribution is 7.88. The Morgan fingerprint density at radius 1 is 1.56 bits per heavy atom. The Labute approximate surface area is 108 Å². The second-order valence-corrected chi connectivity index (χ2v) is 6.60. The average Bonchev–Trinajstić information content (AvgIpc) is 2.64. The van der Waals surface area contributed by atoms with Gasteiger partial charge in [-0.15, -0.1) is 0 Å². The van der Waals surface area contributed by atoms with E-state index in [2.05, 4.69) is 5.10 Å². The normalized spacial score (nSPS) is 20.9. The molecule has 7 heteroatoms. The van der Waals surface area contributed by atoms with E-state index in [0.717, 1.165) is 11.3 Å². The van der Waals surface area contributed by atoms with E-state index in [0.29, 0.717) is 26.3 Å². The monoisotopic (exact) mass is 273 g/mol. The Morgan fingerprint density at radius 3 is 2.89 bits per heavy atom. The SMILES string of the molecule is CCOC[C@@H]1CN(S(C)(=O)=O)Cc2nn(C)cc21. The molecule has 0 fully saturated rings. The van der Waals surface area contributed by atoms with Crippen LogP contribution in [0.5, 0.6) is 0 Å². The second-order valence-electron chi connectivity index (χ2n) is 4.62. The molecule has 1 aromatic rings. The Morgan fingerprint density at radius 2 is 2.28 bits per heavy atom. The predicted octanol–water partition coefficient (Wildman–Crippen LogP) is 0.315. The fraction of sp³-hybridized carbons (Fsp3) is 0.727. The van der Waals surface area contributed by atoms with Crippen LogP contribution >= 0.6 is 0 Å². The number of aromatic nitrogens is 2. The third kappa shape index (κ3) is 2.73. The van der Waals surface area contributed by atoms with Gasteiger partial charge >= 0.3 is 0 Å². The van der Waals surface area contributed by atoms with E-state index in [4.69, 9.17) is 4.74 Å². The molecule has 0 amide bonds. The van der Waals surface area contributed by atoms with Gasteiger partial charge in [-0.3, -0.25) is 4.68 Å². The molecule has 0 saturated carbocycles. The summed E-state index contributed by atoms with van der Waals surface area (Å²) in [5.74, 6) is 0.0668. The van der Waals surface area contributed by atoms with Gasteiger partial charge in [-0.1, -0.05) is 0 Å². The molecule has 0 unspecified atom stereocenters. The first kappa shape index (κ1) is 13.5. The third-order valence-corrected chi connectivity index (χ3v) is 4.34. The van der Waals surface area contributed by atoms with Crippen molar-refractivity contribution in [1.29, 1.82) is 0 Å². The molecule has 2 rings (SSSR count). The smallest absolute Gasteiger partial charge is 0.211 e. The van der Waals surface area contributed by atoms with Gasteiger partial charge in [0.25, 0.3) is 0 Å². The Kier molecular flexibility index (Phi) is 3.74. The topological polar surface area (TPSA) is 64.4 Å². The molecule has 0 aliphatic carbocycles. The van der Waals surface area contributed by atoms with Crippen molar-refractivity contribution in [3.8, 4) is 0 Å². The molecule has 102 valence electrons. The molecule has 2 heterocycles. The van der Waals surface area contributed by atoms with Crippen molar-refractivity contribution in [2.75, 3.05) is 26.0 Å². The average molecular weight is 273 g/mol. The van der Waals surface area contributed by atoms with Crippen molar-refractivity contribution in [1.82, 2.24) is 14.1 Å². The standard InChI is InChI=1S/C11H19N3O3S/c1-4-17-8-9-5-14(18(3,15)16)7-11-10(9)6-13(2)12-11/h6,9H,4-5,7-8H2,1-3H3/t9-/m0/s1. The zero-order chi connectivity index (χ0) is 13.3. The maximum Gasteiger partial charge on any atom is 0.211 e. The maximum atomic E-state index is 11.7. The molecule has 1 aliphatic heterocycles. The molecule has 18 heavy (non-hydrogen) atoms. The molecular weight excluding hydrogens is 254 g/mol. The largest absolute Gasteiger partial charge is 0.381 e. The molecule has 0 aromatic carbocycles. The quantitative estimate of drug-likeness (QED) is 0.792.